The summed E-state index contributed by atoms with van der Waals surface area (Å²) in [5, 5.41) is 15.4. The molecule has 4 aromatic carbocycles. The van der Waals surface area contributed by atoms with Crippen LogP contribution in [-0.4, -0.2) is 64.8 Å². The van der Waals surface area contributed by atoms with Gasteiger partial charge in [-0.2, -0.15) is 0 Å². The zero-order chi connectivity index (χ0) is 42.9. The van der Waals surface area contributed by atoms with Gasteiger partial charge in [0.25, 0.3) is 0 Å². The first kappa shape index (κ1) is 42.5. The zero-order valence-corrected chi connectivity index (χ0v) is 35.6. The fraction of sp³-hybridized carbons (Fsp3) is 0.300. The van der Waals surface area contributed by atoms with Crippen LogP contribution in [0.3, 0.4) is 0 Å². The number of amides is 2. The van der Waals surface area contributed by atoms with E-state index in [1.54, 1.807) is 19.2 Å². The summed E-state index contributed by atoms with van der Waals surface area (Å²) < 4.78 is 18.6. The first-order chi connectivity index (χ1) is 29.7. The molecule has 0 fully saturated rings. The summed E-state index contributed by atoms with van der Waals surface area (Å²) in [5.41, 5.74) is 16.7. The van der Waals surface area contributed by atoms with E-state index in [-0.39, 0.29) is 24.5 Å². The fourth-order valence-corrected chi connectivity index (χ4v) is 8.27. The molecule has 61 heavy (non-hydrogen) atoms. The van der Waals surface area contributed by atoms with Gasteiger partial charge in [-0.25, -0.2) is 0 Å². The maximum absolute atomic E-state index is 13.0. The van der Waals surface area contributed by atoms with E-state index in [9.17, 15) is 9.59 Å². The summed E-state index contributed by atoms with van der Waals surface area (Å²) in [6.45, 7) is 9.93. The number of benzene rings is 5. The lowest BCUT2D eigenvalue weighted by atomic mass is 9.91. The van der Waals surface area contributed by atoms with Crippen molar-refractivity contribution in [3.63, 3.8) is 0 Å². The Hall–Kier alpha value is -6.59. The molecule has 0 radical (unpaired) electrons. The highest BCUT2D eigenvalue weighted by atomic mass is 16.5. The summed E-state index contributed by atoms with van der Waals surface area (Å²) in [7, 11) is 1.68. The number of carbonyl (C=O) groups is 2. The Kier molecular flexibility index (Phi) is 13.7. The van der Waals surface area contributed by atoms with Crippen molar-refractivity contribution in [1.82, 2.24) is 10.6 Å². The van der Waals surface area contributed by atoms with Crippen molar-refractivity contribution in [3.05, 3.63) is 125 Å². The minimum absolute atomic E-state index is 0.0685. The van der Waals surface area contributed by atoms with Crippen LogP contribution in [0, 0.1) is 5.41 Å². The van der Waals surface area contributed by atoms with E-state index in [0.717, 1.165) is 69.8 Å². The molecule has 11 heteroatoms. The van der Waals surface area contributed by atoms with Gasteiger partial charge in [-0.1, -0.05) is 60.7 Å². The van der Waals surface area contributed by atoms with Crippen LogP contribution in [0.15, 0.2) is 101 Å². The molecule has 1 atom stereocenters. The molecule has 2 amide bonds. The van der Waals surface area contributed by atoms with Crippen molar-refractivity contribution in [1.29, 1.82) is 5.41 Å². The Balaban J connectivity index is 0.978. The van der Waals surface area contributed by atoms with Crippen LogP contribution in [0.25, 0.3) is 45.6 Å². The van der Waals surface area contributed by atoms with Crippen LogP contribution in [0.1, 0.15) is 62.0 Å². The maximum atomic E-state index is 13.0. The van der Waals surface area contributed by atoms with Gasteiger partial charge in [-0.3, -0.25) is 9.59 Å². The molecule has 0 spiro atoms. The van der Waals surface area contributed by atoms with E-state index in [0.29, 0.717) is 67.0 Å². The second-order valence-electron chi connectivity index (χ2n) is 15.2. The smallest absolute Gasteiger partial charge is 0.246 e. The molecule has 316 valence electrons. The normalized spacial score (nSPS) is 13.7. The van der Waals surface area contributed by atoms with Crippen LogP contribution in [0.4, 0.5) is 17.1 Å². The highest BCUT2D eigenvalue weighted by Crippen LogP contribution is 2.47. The highest BCUT2D eigenvalue weighted by Gasteiger charge is 2.25. The van der Waals surface area contributed by atoms with Gasteiger partial charge in [-0.15, -0.1) is 0 Å². The Labute approximate surface area is 358 Å². The molecule has 0 bridgehead atoms. The molecule has 11 nitrogen and oxygen atoms in total. The van der Waals surface area contributed by atoms with Crippen LogP contribution >= 0.6 is 0 Å². The Morgan fingerprint density at radius 1 is 0.803 bits per heavy atom. The highest BCUT2D eigenvalue weighted by molar-refractivity contribution is 6.05. The average Bonchev–Trinajstić information content (AvgIpc) is 3.26. The SMILES string of the molecule is CCN(CC)c1cc(-c2c3ccc(=N)cc-3oc3cc(N)ccc23)c(OC)cc1N(CC)CCCC(=O)NCCNC(=O)COC1Cc2ccccc2/C=C\c2ccccc21. The van der Waals surface area contributed by atoms with E-state index in [2.05, 4.69) is 89.8 Å². The van der Waals surface area contributed by atoms with Gasteiger partial charge in [0, 0.05) is 98.1 Å². The third-order valence-corrected chi connectivity index (χ3v) is 11.4. The van der Waals surface area contributed by atoms with Gasteiger partial charge < -0.3 is 45.5 Å². The number of anilines is 3. The monoisotopic (exact) mass is 820 g/mol. The van der Waals surface area contributed by atoms with E-state index >= 15 is 0 Å². The summed E-state index contributed by atoms with van der Waals surface area (Å²) >= 11 is 0. The number of nitrogens with one attached hydrogen (secondary N) is 3. The molecular formula is C50H56N6O5. The molecule has 4 aromatic rings. The standard InChI is InChI=1S/C50H56N6O5/c1-5-55(6-2)42-30-41(50-39-22-20-36(51)28-46(39)61-47-29-37(52)21-23-40(47)50)44(59-4)31-43(42)56(7-3)26-12-17-48(57)53-24-25-54-49(58)32-60-45-27-35-15-9-8-13-33(35)18-19-34-14-10-11-16-38(34)45/h8-11,13-16,18-23,28-31,45,51H,5-7,12,17,24-27,32,52H2,1-4H3,(H,53,57)(H,54,58)/b19-18-,51-36?. The number of nitrogen functional groups attached to an aromatic ring is 1. The largest absolute Gasteiger partial charge is 0.496 e. The third-order valence-electron chi connectivity index (χ3n) is 11.4. The quantitative estimate of drug-likeness (QED) is 0.0408. The Bertz CT molecular complexity index is 2560. The summed E-state index contributed by atoms with van der Waals surface area (Å²) in [4.78, 5) is 30.5. The van der Waals surface area contributed by atoms with Gasteiger partial charge in [-0.05, 0) is 79.8 Å². The first-order valence-corrected chi connectivity index (χ1v) is 21.2. The van der Waals surface area contributed by atoms with E-state index in [1.807, 2.05) is 48.5 Å². The number of rotatable bonds is 17. The zero-order valence-electron chi connectivity index (χ0n) is 35.6. The van der Waals surface area contributed by atoms with Crippen LogP contribution in [0.5, 0.6) is 5.75 Å². The van der Waals surface area contributed by atoms with E-state index in [1.165, 1.54) is 5.56 Å². The number of nitrogens with zero attached hydrogens (tertiary/aromatic N) is 2. The summed E-state index contributed by atoms with van der Waals surface area (Å²) in [5.74, 6) is 1.00. The van der Waals surface area contributed by atoms with Crippen molar-refractivity contribution in [2.24, 2.45) is 0 Å². The van der Waals surface area contributed by atoms with Crippen LogP contribution in [0.2, 0.25) is 0 Å². The number of hydrogen-bond acceptors (Lipinski definition) is 9. The van der Waals surface area contributed by atoms with Gasteiger partial charge >= 0.3 is 0 Å². The Morgan fingerprint density at radius 2 is 1.51 bits per heavy atom. The molecule has 0 saturated carbocycles. The third kappa shape index (κ3) is 9.74. The summed E-state index contributed by atoms with van der Waals surface area (Å²) in [6.07, 6.45) is 5.60. The Morgan fingerprint density at radius 3 is 2.28 bits per heavy atom. The number of fused-ring (bicyclic) bond motifs is 4. The molecule has 5 N–H and O–H groups in total. The van der Waals surface area contributed by atoms with Crippen molar-refractivity contribution in [2.75, 3.05) is 68.5 Å². The van der Waals surface area contributed by atoms with Crippen molar-refractivity contribution < 1.29 is 23.5 Å². The minimum Gasteiger partial charge on any atom is -0.496 e. The van der Waals surface area contributed by atoms with Gasteiger partial charge in [0.05, 0.1) is 29.9 Å². The maximum Gasteiger partial charge on any atom is 0.246 e. The number of carbonyl (C=O) groups excluding carboxylic acids is 2. The number of hydrogen-bond donors (Lipinski definition) is 4. The molecule has 1 unspecified atom stereocenters. The number of ether oxygens (including phenoxy) is 2. The second-order valence-corrected chi connectivity index (χ2v) is 15.2. The predicted molar refractivity (Wildman–Crippen MR) is 246 cm³/mol. The lowest BCUT2D eigenvalue weighted by Crippen LogP contribution is -2.37. The lowest BCUT2D eigenvalue weighted by Gasteiger charge is -2.32. The lowest BCUT2D eigenvalue weighted by molar-refractivity contribution is -0.128. The van der Waals surface area contributed by atoms with Crippen molar-refractivity contribution >= 4 is 52.0 Å². The van der Waals surface area contributed by atoms with Crippen LogP contribution < -0.4 is 36.3 Å². The topological polar surface area (TPSA) is 146 Å². The van der Waals surface area contributed by atoms with Crippen molar-refractivity contribution in [2.45, 2.75) is 46.1 Å². The fourth-order valence-electron chi connectivity index (χ4n) is 8.27. The van der Waals surface area contributed by atoms with Gasteiger partial charge in [0.1, 0.15) is 23.7 Å². The number of methoxy groups -OCH3 is 1. The molecule has 7 rings (SSSR count). The van der Waals surface area contributed by atoms with E-state index < -0.39 is 0 Å². The van der Waals surface area contributed by atoms with Gasteiger partial charge in [0.2, 0.25) is 11.8 Å². The molecule has 1 heterocycles. The molecule has 0 aromatic heterocycles. The van der Waals surface area contributed by atoms with Gasteiger partial charge in [0.15, 0.2) is 0 Å². The average molecular weight is 821 g/mol. The predicted octanol–water partition coefficient (Wildman–Crippen LogP) is 8.44. The molecule has 1 aliphatic heterocycles. The molecule has 0 saturated heterocycles. The minimum atomic E-state index is -0.267. The van der Waals surface area contributed by atoms with E-state index in [4.69, 9.17) is 25.0 Å². The molecular weight excluding hydrogens is 765 g/mol. The van der Waals surface area contributed by atoms with Crippen LogP contribution in [-0.2, 0) is 20.7 Å². The molecule has 2 aliphatic carbocycles. The van der Waals surface area contributed by atoms with Crippen molar-refractivity contribution in [3.8, 4) is 28.2 Å². The number of nitrogens with two attached hydrogens (primary N) is 1. The first-order valence-electron chi connectivity index (χ1n) is 21.2. The summed E-state index contributed by atoms with van der Waals surface area (Å²) in [6, 6.07) is 31.8. The molecule has 3 aliphatic rings. The second kappa shape index (κ2) is 19.6.